The van der Waals surface area contributed by atoms with Crippen LogP contribution in [0, 0.1) is 19.8 Å². The van der Waals surface area contributed by atoms with Gasteiger partial charge in [0.25, 0.3) is 0 Å². The fourth-order valence-corrected chi connectivity index (χ4v) is 3.39. The molecule has 2 aromatic carbocycles. The first-order chi connectivity index (χ1) is 14.6. The lowest BCUT2D eigenvalue weighted by atomic mass is 10.1. The summed E-state index contributed by atoms with van der Waals surface area (Å²) in [6, 6.07) is 15.8. The Kier molecular flexibility index (Phi) is 5.97. The molecular formula is C23H26N4O3. The van der Waals surface area contributed by atoms with Crippen LogP contribution in [-0.2, 0) is 4.79 Å². The summed E-state index contributed by atoms with van der Waals surface area (Å²) in [6.07, 6.45) is 2.99. The molecule has 7 nitrogen and oxygen atoms in total. The molecule has 2 aliphatic rings. The fraction of sp³-hybridized carbons (Fsp3) is 0.348. The van der Waals surface area contributed by atoms with Crippen LogP contribution in [0.15, 0.2) is 58.6 Å². The monoisotopic (exact) mass is 406 g/mol. The third-order valence-electron chi connectivity index (χ3n) is 5.16. The van der Waals surface area contributed by atoms with Crippen LogP contribution in [0.1, 0.15) is 11.1 Å². The average Bonchev–Trinajstić information content (AvgIpc) is 3.16. The number of hydrogen-bond acceptors (Lipinski definition) is 6. The van der Waals surface area contributed by atoms with Crippen molar-refractivity contribution in [2.75, 3.05) is 26.3 Å². The number of amides is 1. The first-order valence-corrected chi connectivity index (χ1v) is 10.1. The number of ether oxygens (including phenoxy) is 2. The van der Waals surface area contributed by atoms with Gasteiger partial charge in [0, 0.05) is 6.21 Å². The average molecular weight is 406 g/mol. The Hall–Kier alpha value is -3.35. The zero-order chi connectivity index (χ0) is 20.9. The molecule has 0 unspecified atom stereocenters. The van der Waals surface area contributed by atoms with E-state index in [1.807, 2.05) is 67.4 Å². The summed E-state index contributed by atoms with van der Waals surface area (Å²) < 4.78 is 11.5. The van der Waals surface area contributed by atoms with Gasteiger partial charge in [-0.3, -0.25) is 14.7 Å². The van der Waals surface area contributed by atoms with Gasteiger partial charge in [0.15, 0.2) is 6.17 Å². The lowest BCUT2D eigenvalue weighted by molar-refractivity contribution is -0.131. The largest absolute Gasteiger partial charge is 0.492 e. The Bertz CT molecular complexity index is 924. The fourth-order valence-electron chi connectivity index (χ4n) is 3.39. The van der Waals surface area contributed by atoms with Crippen LogP contribution in [0.4, 0.5) is 0 Å². The zero-order valence-corrected chi connectivity index (χ0v) is 17.3. The van der Waals surface area contributed by atoms with Gasteiger partial charge < -0.3 is 9.47 Å². The van der Waals surface area contributed by atoms with E-state index in [9.17, 15) is 4.79 Å². The van der Waals surface area contributed by atoms with Gasteiger partial charge in [-0.2, -0.15) is 5.10 Å². The van der Waals surface area contributed by atoms with Gasteiger partial charge in [0.2, 0.25) is 5.91 Å². The van der Waals surface area contributed by atoms with E-state index in [1.165, 1.54) is 11.1 Å². The van der Waals surface area contributed by atoms with E-state index < -0.39 is 0 Å². The normalized spacial score (nSPS) is 19.9. The molecule has 1 amide bonds. The summed E-state index contributed by atoms with van der Waals surface area (Å²) in [7, 11) is 0. The smallest absolute Gasteiger partial charge is 0.240 e. The van der Waals surface area contributed by atoms with Crippen LogP contribution in [0.25, 0.3) is 0 Å². The van der Waals surface area contributed by atoms with Gasteiger partial charge >= 0.3 is 0 Å². The third kappa shape index (κ3) is 4.62. The minimum absolute atomic E-state index is 0.00629. The van der Waals surface area contributed by atoms with Crippen molar-refractivity contribution in [2.45, 2.75) is 20.0 Å². The minimum atomic E-state index is -0.367. The molecule has 156 valence electrons. The highest BCUT2D eigenvalue weighted by Gasteiger charge is 2.40. The van der Waals surface area contributed by atoms with Crippen molar-refractivity contribution in [1.82, 2.24) is 9.91 Å². The Labute approximate surface area is 176 Å². The van der Waals surface area contributed by atoms with Crippen molar-refractivity contribution in [1.29, 1.82) is 0 Å². The molecule has 0 aliphatic carbocycles. The van der Waals surface area contributed by atoms with E-state index in [0.29, 0.717) is 26.3 Å². The quantitative estimate of drug-likeness (QED) is 0.676. The van der Waals surface area contributed by atoms with E-state index in [2.05, 4.69) is 10.1 Å². The maximum absolute atomic E-state index is 12.8. The van der Waals surface area contributed by atoms with Crippen molar-refractivity contribution < 1.29 is 14.3 Å². The third-order valence-corrected chi connectivity index (χ3v) is 5.16. The molecule has 0 radical (unpaired) electrons. The number of benzene rings is 2. The number of hydrogen-bond donors (Lipinski definition) is 0. The van der Waals surface area contributed by atoms with Crippen molar-refractivity contribution >= 4 is 18.5 Å². The predicted molar refractivity (Wildman–Crippen MR) is 116 cm³/mol. The van der Waals surface area contributed by atoms with Crippen LogP contribution in [0.3, 0.4) is 0 Å². The standard InChI is InChI=1S/C23H26N4O3/c1-17-3-7-19(8-4-17)29-13-11-26-16-24-22-21(23(26)28)15-25-27(22)12-14-30-20-9-5-18(2)6-10-20/h3-10,15-16,21-22H,11-14H2,1-2H3/t21-,22+/m0/s1. The van der Waals surface area contributed by atoms with Gasteiger partial charge in [0.1, 0.15) is 30.6 Å². The predicted octanol–water partition coefficient (Wildman–Crippen LogP) is 2.88. The van der Waals surface area contributed by atoms with Gasteiger partial charge in [-0.1, -0.05) is 35.4 Å². The summed E-state index contributed by atoms with van der Waals surface area (Å²) in [5.74, 6) is 1.24. The molecule has 0 fully saturated rings. The summed E-state index contributed by atoms with van der Waals surface area (Å²) >= 11 is 0. The maximum Gasteiger partial charge on any atom is 0.240 e. The topological polar surface area (TPSA) is 66.7 Å². The molecule has 2 atom stereocenters. The van der Waals surface area contributed by atoms with Gasteiger partial charge in [-0.05, 0) is 38.1 Å². The van der Waals surface area contributed by atoms with Crippen LogP contribution >= 0.6 is 0 Å². The molecule has 0 N–H and O–H groups in total. The van der Waals surface area contributed by atoms with Crippen molar-refractivity contribution in [3.8, 4) is 11.5 Å². The molecule has 0 saturated carbocycles. The molecule has 7 heteroatoms. The second kappa shape index (κ2) is 8.98. The van der Waals surface area contributed by atoms with E-state index in [0.717, 1.165) is 11.5 Å². The number of aryl methyl sites for hydroxylation is 2. The van der Waals surface area contributed by atoms with Crippen LogP contribution in [0.5, 0.6) is 11.5 Å². The molecule has 0 aromatic heterocycles. The second-order valence-corrected chi connectivity index (χ2v) is 7.49. The number of rotatable bonds is 8. The molecule has 2 aromatic rings. The number of fused-ring (bicyclic) bond motifs is 1. The maximum atomic E-state index is 12.8. The van der Waals surface area contributed by atoms with Crippen molar-refractivity contribution in [3.63, 3.8) is 0 Å². The van der Waals surface area contributed by atoms with E-state index >= 15 is 0 Å². The number of aliphatic imine (C=N–C) groups is 1. The molecule has 2 aliphatic heterocycles. The van der Waals surface area contributed by atoms with Gasteiger partial charge in [-0.15, -0.1) is 0 Å². The second-order valence-electron chi connectivity index (χ2n) is 7.49. The number of carbonyl (C=O) groups excluding carboxylic acids is 1. The van der Waals surface area contributed by atoms with Crippen LogP contribution in [0.2, 0.25) is 0 Å². The highest BCUT2D eigenvalue weighted by molar-refractivity contribution is 6.01. The van der Waals surface area contributed by atoms with E-state index in [-0.39, 0.29) is 18.0 Å². The lowest BCUT2D eigenvalue weighted by Gasteiger charge is -2.31. The summed E-state index contributed by atoms with van der Waals surface area (Å²) in [5.41, 5.74) is 2.37. The molecule has 0 bridgehead atoms. The molecule has 2 heterocycles. The Morgan fingerprint density at radius 2 is 1.43 bits per heavy atom. The van der Waals surface area contributed by atoms with E-state index in [1.54, 1.807) is 17.5 Å². The van der Waals surface area contributed by atoms with Gasteiger partial charge in [0.05, 0.1) is 19.4 Å². The highest BCUT2D eigenvalue weighted by atomic mass is 16.5. The van der Waals surface area contributed by atoms with Gasteiger partial charge in [-0.25, -0.2) is 4.99 Å². The highest BCUT2D eigenvalue weighted by Crippen LogP contribution is 2.24. The molecule has 0 saturated heterocycles. The Morgan fingerprint density at radius 1 is 0.867 bits per heavy atom. The SMILES string of the molecule is Cc1ccc(OCCN2C=N[C@H]3[C@H](C=NN3CCOc3ccc(C)cc3)C2=O)cc1. The number of hydrazone groups is 1. The summed E-state index contributed by atoms with van der Waals surface area (Å²) in [5, 5.41) is 6.20. The first kappa shape index (κ1) is 19.9. The first-order valence-electron chi connectivity index (χ1n) is 10.1. The molecule has 4 rings (SSSR count). The summed E-state index contributed by atoms with van der Waals surface area (Å²) in [4.78, 5) is 19.0. The number of nitrogens with zero attached hydrogens (tertiary/aromatic N) is 4. The molecule has 30 heavy (non-hydrogen) atoms. The molecular weight excluding hydrogens is 380 g/mol. The van der Waals surface area contributed by atoms with Crippen molar-refractivity contribution in [2.24, 2.45) is 16.0 Å². The lowest BCUT2D eigenvalue weighted by Crippen LogP contribution is -2.48. The Balaban J connectivity index is 1.26. The van der Waals surface area contributed by atoms with Crippen LogP contribution < -0.4 is 9.47 Å². The van der Waals surface area contributed by atoms with Crippen molar-refractivity contribution in [3.05, 3.63) is 59.7 Å². The molecule has 0 spiro atoms. The zero-order valence-electron chi connectivity index (χ0n) is 17.3. The number of carbonyl (C=O) groups is 1. The summed E-state index contributed by atoms with van der Waals surface area (Å²) in [6.45, 7) is 5.96. The Morgan fingerprint density at radius 3 is 2.03 bits per heavy atom. The van der Waals surface area contributed by atoms with Crippen LogP contribution in [-0.4, -0.2) is 60.8 Å². The van der Waals surface area contributed by atoms with E-state index in [4.69, 9.17) is 9.47 Å². The minimum Gasteiger partial charge on any atom is -0.492 e.